The number of hydrogen-bond donors (Lipinski definition) is 1. The van der Waals surface area contributed by atoms with Gasteiger partial charge in [-0.25, -0.2) is 18.1 Å². The molecule has 0 saturated heterocycles. The number of benzene rings is 2. The van der Waals surface area contributed by atoms with Crippen molar-refractivity contribution < 1.29 is 17.7 Å². The van der Waals surface area contributed by atoms with Crippen LogP contribution in [0.3, 0.4) is 0 Å². The van der Waals surface area contributed by atoms with Gasteiger partial charge in [0.2, 0.25) is 5.88 Å². The van der Waals surface area contributed by atoms with Gasteiger partial charge < -0.3 is 9.09 Å². The van der Waals surface area contributed by atoms with Crippen LogP contribution in [0.1, 0.15) is 71.6 Å². The van der Waals surface area contributed by atoms with E-state index in [9.17, 15) is 13.2 Å². The van der Waals surface area contributed by atoms with E-state index in [1.165, 1.54) is 0 Å². The minimum atomic E-state index is -3.94. The molecule has 0 fully saturated rings. The molecule has 4 aromatic rings. The normalized spacial score (nSPS) is 11.6. The summed E-state index contributed by atoms with van der Waals surface area (Å²) in [7, 11) is -3.94. The summed E-state index contributed by atoms with van der Waals surface area (Å²) in [5, 5.41) is 3.84. The van der Waals surface area contributed by atoms with Crippen LogP contribution in [-0.4, -0.2) is 28.9 Å². The molecule has 9 heteroatoms. The number of aromatic nitrogens is 3. The van der Waals surface area contributed by atoms with Crippen LogP contribution in [0.5, 0.6) is 0 Å². The molecule has 0 aliphatic carbocycles. The summed E-state index contributed by atoms with van der Waals surface area (Å²) in [6.45, 7) is 11.7. The molecule has 38 heavy (non-hydrogen) atoms. The minimum absolute atomic E-state index is 0.00821. The van der Waals surface area contributed by atoms with Gasteiger partial charge in [0.1, 0.15) is 11.5 Å². The first kappa shape index (κ1) is 27.3. The van der Waals surface area contributed by atoms with Gasteiger partial charge in [-0.1, -0.05) is 55.4 Å². The summed E-state index contributed by atoms with van der Waals surface area (Å²) in [6.07, 6.45) is 2.42. The van der Waals surface area contributed by atoms with E-state index in [1.807, 2.05) is 42.7 Å². The molecule has 0 radical (unpaired) electrons. The maximum Gasteiger partial charge on any atom is 0.264 e. The van der Waals surface area contributed by atoms with Gasteiger partial charge in [-0.3, -0.25) is 4.79 Å². The molecule has 4 rings (SSSR count). The quantitative estimate of drug-likeness (QED) is 0.249. The van der Waals surface area contributed by atoms with Crippen molar-refractivity contribution in [3.63, 3.8) is 0 Å². The van der Waals surface area contributed by atoms with Gasteiger partial charge >= 0.3 is 0 Å². The third-order valence-electron chi connectivity index (χ3n) is 6.74. The lowest BCUT2D eigenvalue weighted by molar-refractivity contribution is 0.100. The Hall–Kier alpha value is -3.72. The number of Topliss-reactive ketones (excluding diaryl/α,β-unsaturated/α-hetero) is 1. The van der Waals surface area contributed by atoms with Crippen molar-refractivity contribution in [1.29, 1.82) is 0 Å². The second-order valence-electron chi connectivity index (χ2n) is 9.54. The van der Waals surface area contributed by atoms with Crippen molar-refractivity contribution in [2.24, 2.45) is 0 Å². The molecule has 2 aromatic carbocycles. The molecular weight excluding hydrogens is 500 g/mol. The molecule has 0 bridgehead atoms. The Labute approximate surface area is 224 Å². The third kappa shape index (κ3) is 5.29. The lowest BCUT2D eigenvalue weighted by Gasteiger charge is -2.15. The zero-order chi connectivity index (χ0) is 27.6. The number of carbonyl (C=O) groups is 1. The number of anilines is 1. The molecule has 0 unspecified atom stereocenters. The van der Waals surface area contributed by atoms with Gasteiger partial charge in [0, 0.05) is 31.0 Å². The summed E-state index contributed by atoms with van der Waals surface area (Å²) in [4.78, 5) is 17.4. The molecule has 200 valence electrons. The van der Waals surface area contributed by atoms with E-state index in [1.54, 1.807) is 39.0 Å². The molecule has 0 atom stereocenters. The molecule has 0 saturated carbocycles. The smallest absolute Gasteiger partial charge is 0.264 e. The van der Waals surface area contributed by atoms with Crippen LogP contribution >= 0.6 is 0 Å². The third-order valence-corrected chi connectivity index (χ3v) is 8.13. The van der Waals surface area contributed by atoms with Gasteiger partial charge in [-0.05, 0) is 56.4 Å². The summed E-state index contributed by atoms with van der Waals surface area (Å²) in [5.74, 6) is 1.03. The standard InChI is InChI=1S/C29H34N4O4S/c1-7-11-27-30-25(8-2)28(21(6)34)33(27)17-22-14-15-23(18(3)16-22)24-12-9-10-13-26(24)38(35,36)32-29-19(4)20(5)31-37-29/h9-10,12-16,32H,7-8,11,17H2,1-6H3. The van der Waals surface area contributed by atoms with E-state index in [2.05, 4.69) is 16.8 Å². The Morgan fingerprint density at radius 2 is 1.79 bits per heavy atom. The monoisotopic (exact) mass is 534 g/mol. The number of rotatable bonds is 10. The molecule has 8 nitrogen and oxygen atoms in total. The van der Waals surface area contributed by atoms with E-state index in [4.69, 9.17) is 9.51 Å². The summed E-state index contributed by atoms with van der Waals surface area (Å²) >= 11 is 0. The summed E-state index contributed by atoms with van der Waals surface area (Å²) in [6, 6.07) is 12.9. The molecular formula is C29H34N4O4S. The van der Waals surface area contributed by atoms with Crippen molar-refractivity contribution >= 4 is 21.7 Å². The molecule has 0 aliphatic heterocycles. The second kappa shape index (κ2) is 10.9. The van der Waals surface area contributed by atoms with Gasteiger partial charge in [0.05, 0.1) is 16.3 Å². The number of sulfonamides is 1. The number of hydrogen-bond acceptors (Lipinski definition) is 6. The fourth-order valence-electron chi connectivity index (χ4n) is 4.70. The molecule has 0 spiro atoms. The van der Waals surface area contributed by atoms with Crippen LogP contribution in [0.25, 0.3) is 11.1 Å². The van der Waals surface area contributed by atoms with E-state index in [0.29, 0.717) is 35.5 Å². The maximum atomic E-state index is 13.4. The first-order valence-corrected chi connectivity index (χ1v) is 14.3. The number of nitrogens with zero attached hydrogens (tertiary/aromatic N) is 3. The van der Waals surface area contributed by atoms with Crippen LogP contribution in [-0.2, 0) is 29.4 Å². The Kier molecular flexibility index (Phi) is 7.87. The highest BCUT2D eigenvalue weighted by Crippen LogP contribution is 2.32. The lowest BCUT2D eigenvalue weighted by Crippen LogP contribution is -2.14. The van der Waals surface area contributed by atoms with E-state index in [0.717, 1.165) is 41.1 Å². The van der Waals surface area contributed by atoms with Gasteiger partial charge in [-0.15, -0.1) is 0 Å². The number of nitrogens with one attached hydrogen (secondary N) is 1. The number of carbonyl (C=O) groups excluding carboxylic acids is 1. The molecule has 2 heterocycles. The largest absolute Gasteiger partial charge is 0.337 e. The molecule has 0 amide bonds. The number of ketones is 1. The average Bonchev–Trinajstić information content (AvgIpc) is 3.38. The molecule has 2 aromatic heterocycles. The zero-order valence-electron chi connectivity index (χ0n) is 22.8. The Morgan fingerprint density at radius 1 is 1.05 bits per heavy atom. The SMILES string of the molecule is CCCc1nc(CC)c(C(C)=O)n1Cc1ccc(-c2ccccc2S(=O)(=O)Nc2onc(C)c2C)c(C)c1. The Morgan fingerprint density at radius 3 is 2.39 bits per heavy atom. The fourth-order valence-corrected chi connectivity index (χ4v) is 5.97. The molecule has 0 aliphatic rings. The van der Waals surface area contributed by atoms with Gasteiger partial charge in [-0.2, -0.15) is 0 Å². The average molecular weight is 535 g/mol. The van der Waals surface area contributed by atoms with Crippen molar-refractivity contribution in [2.75, 3.05) is 4.72 Å². The van der Waals surface area contributed by atoms with E-state index >= 15 is 0 Å². The first-order valence-electron chi connectivity index (χ1n) is 12.8. The van der Waals surface area contributed by atoms with Crippen molar-refractivity contribution in [3.8, 4) is 11.1 Å². The van der Waals surface area contributed by atoms with Crippen LogP contribution in [0.2, 0.25) is 0 Å². The summed E-state index contributed by atoms with van der Waals surface area (Å²) in [5.41, 5.74) is 6.10. The summed E-state index contributed by atoms with van der Waals surface area (Å²) < 4.78 is 36.5. The minimum Gasteiger partial charge on any atom is -0.337 e. The van der Waals surface area contributed by atoms with Crippen molar-refractivity contribution in [1.82, 2.24) is 14.7 Å². The van der Waals surface area contributed by atoms with Crippen LogP contribution < -0.4 is 4.72 Å². The Balaban J connectivity index is 1.71. The van der Waals surface area contributed by atoms with Gasteiger partial charge in [0.15, 0.2) is 5.78 Å². The van der Waals surface area contributed by atoms with E-state index < -0.39 is 10.0 Å². The van der Waals surface area contributed by atoms with E-state index in [-0.39, 0.29) is 16.6 Å². The second-order valence-corrected chi connectivity index (χ2v) is 11.2. The highest BCUT2D eigenvalue weighted by atomic mass is 32.2. The maximum absolute atomic E-state index is 13.4. The zero-order valence-corrected chi connectivity index (χ0v) is 23.6. The van der Waals surface area contributed by atoms with Crippen LogP contribution in [0.4, 0.5) is 5.88 Å². The topological polar surface area (TPSA) is 107 Å². The molecule has 1 N–H and O–H groups in total. The van der Waals surface area contributed by atoms with Gasteiger partial charge in [0.25, 0.3) is 10.0 Å². The van der Waals surface area contributed by atoms with Crippen LogP contribution in [0.15, 0.2) is 51.9 Å². The number of imidazole rings is 1. The lowest BCUT2D eigenvalue weighted by atomic mass is 9.98. The van der Waals surface area contributed by atoms with Crippen LogP contribution in [0, 0.1) is 20.8 Å². The Bertz CT molecular complexity index is 1600. The predicted octanol–water partition coefficient (Wildman–Crippen LogP) is 6.03. The predicted molar refractivity (Wildman–Crippen MR) is 148 cm³/mol. The first-order chi connectivity index (χ1) is 18.1. The highest BCUT2D eigenvalue weighted by molar-refractivity contribution is 7.92. The highest BCUT2D eigenvalue weighted by Gasteiger charge is 2.24. The number of aryl methyl sites for hydroxylation is 4. The van der Waals surface area contributed by atoms with Crippen molar-refractivity contribution in [2.45, 2.75) is 72.2 Å². The fraction of sp³-hybridized carbons (Fsp3) is 0.345. The van der Waals surface area contributed by atoms with Crippen molar-refractivity contribution in [3.05, 3.63) is 82.1 Å².